The van der Waals surface area contributed by atoms with Crippen LogP contribution in [-0.2, 0) is 4.79 Å². The third-order valence-corrected chi connectivity index (χ3v) is 8.53. The average molecular weight is 530 g/mol. The Labute approximate surface area is 228 Å². The molecule has 0 spiro atoms. The van der Waals surface area contributed by atoms with Gasteiger partial charge < -0.3 is 10.2 Å². The van der Waals surface area contributed by atoms with Gasteiger partial charge >= 0.3 is 5.97 Å². The lowest BCUT2D eigenvalue weighted by Crippen LogP contribution is -2.53. The first-order valence-corrected chi connectivity index (χ1v) is 16.5. The number of rotatable bonds is 29. The van der Waals surface area contributed by atoms with E-state index >= 15 is 0 Å². The molecule has 0 aromatic carbocycles. The number of hydrogen-bond donors (Lipinski definition) is 2. The van der Waals surface area contributed by atoms with Crippen molar-refractivity contribution in [2.24, 2.45) is 0 Å². The van der Waals surface area contributed by atoms with Gasteiger partial charge in [0.05, 0.1) is 6.61 Å². The molecule has 0 saturated heterocycles. The second-order valence-corrected chi connectivity index (χ2v) is 12.1. The van der Waals surface area contributed by atoms with E-state index in [4.69, 9.17) is 0 Å². The molecule has 2 unspecified atom stereocenters. The largest absolute Gasteiger partial charge is 0.480 e. The van der Waals surface area contributed by atoms with Crippen LogP contribution in [0.4, 0.5) is 0 Å². The van der Waals surface area contributed by atoms with E-state index < -0.39 is 11.2 Å². The van der Waals surface area contributed by atoms with E-state index in [1.54, 1.807) is 0 Å². The number of aliphatic carboxylic acids is 1. The maximum Gasteiger partial charge on any atom is 0.330 e. The van der Waals surface area contributed by atoms with Gasteiger partial charge in [0.1, 0.15) is 0 Å². The molecule has 5 heteroatoms. The Kier molecular flexibility index (Phi) is 26.3. The lowest BCUT2D eigenvalue weighted by molar-refractivity contribution is -0.147. The standard InChI is InChI=1S/C31H64NO3P/c1-3-5-7-9-11-13-15-17-19-21-23-25-27-32(31(36,29-33)30(34)35)28-26-24-22-20-18-16-14-12-10-8-6-4-2/h33H,3-29,36H2,1-2H3,(H,34,35). The third kappa shape index (κ3) is 19.9. The van der Waals surface area contributed by atoms with Crippen molar-refractivity contribution in [3.63, 3.8) is 0 Å². The van der Waals surface area contributed by atoms with Gasteiger partial charge in [0, 0.05) is 0 Å². The summed E-state index contributed by atoms with van der Waals surface area (Å²) in [6.45, 7) is 5.69. The SMILES string of the molecule is CCCCCCCCCCCCCCN(CCCCCCCCCCCCCC)C(P)(CO)C(=O)O. The molecule has 2 N–H and O–H groups in total. The summed E-state index contributed by atoms with van der Waals surface area (Å²) in [7, 11) is 2.43. The van der Waals surface area contributed by atoms with Crippen LogP contribution < -0.4 is 0 Å². The third-order valence-electron chi connectivity index (χ3n) is 7.74. The number of nitrogens with zero attached hydrogens (tertiary/aromatic N) is 1. The van der Waals surface area contributed by atoms with Gasteiger partial charge in [-0.3, -0.25) is 4.90 Å². The molecule has 36 heavy (non-hydrogen) atoms. The van der Waals surface area contributed by atoms with E-state index in [-0.39, 0.29) is 6.61 Å². The summed E-state index contributed by atoms with van der Waals surface area (Å²) in [6, 6.07) is 0. The minimum Gasteiger partial charge on any atom is -0.480 e. The van der Waals surface area contributed by atoms with Crippen LogP contribution in [0.1, 0.15) is 168 Å². The van der Waals surface area contributed by atoms with Gasteiger partial charge in [0.25, 0.3) is 0 Å². The minimum absolute atomic E-state index is 0.358. The fourth-order valence-corrected chi connectivity index (χ4v) is 5.36. The van der Waals surface area contributed by atoms with E-state index in [1.807, 2.05) is 4.90 Å². The summed E-state index contributed by atoms with van der Waals surface area (Å²) in [5.74, 6) is -0.937. The van der Waals surface area contributed by atoms with Crippen LogP contribution in [-0.4, -0.2) is 46.1 Å². The maximum atomic E-state index is 11.9. The highest BCUT2D eigenvalue weighted by atomic mass is 31.0. The second kappa shape index (κ2) is 26.4. The summed E-state index contributed by atoms with van der Waals surface area (Å²) in [6.07, 6.45) is 31.3. The lowest BCUT2D eigenvalue weighted by Gasteiger charge is -2.36. The maximum absolute atomic E-state index is 11.9. The van der Waals surface area contributed by atoms with Crippen molar-refractivity contribution >= 4 is 15.2 Å². The highest BCUT2D eigenvalue weighted by Gasteiger charge is 2.38. The fraction of sp³-hybridized carbons (Fsp3) is 0.968. The van der Waals surface area contributed by atoms with Crippen molar-refractivity contribution in [1.29, 1.82) is 0 Å². The summed E-state index contributed by atoms with van der Waals surface area (Å²) >= 11 is 0. The Balaban J connectivity index is 3.97. The van der Waals surface area contributed by atoms with Gasteiger partial charge in [-0.15, -0.1) is 9.24 Å². The topological polar surface area (TPSA) is 60.8 Å². The average Bonchev–Trinajstić information content (AvgIpc) is 2.88. The normalized spacial score (nSPS) is 13.4. The Morgan fingerprint density at radius 3 is 1.03 bits per heavy atom. The molecule has 0 aromatic heterocycles. The number of hydrogen-bond acceptors (Lipinski definition) is 3. The molecule has 0 aliphatic heterocycles. The van der Waals surface area contributed by atoms with Gasteiger partial charge in [0.15, 0.2) is 5.28 Å². The molecule has 0 bridgehead atoms. The van der Waals surface area contributed by atoms with E-state index in [1.165, 1.54) is 128 Å². The van der Waals surface area contributed by atoms with Crippen LogP contribution >= 0.6 is 9.24 Å². The number of carboxylic acids is 1. The molecule has 0 radical (unpaired) electrons. The minimum atomic E-state index is -1.24. The Hall–Kier alpha value is -0.180. The van der Waals surface area contributed by atoms with Crippen LogP contribution in [0.2, 0.25) is 0 Å². The van der Waals surface area contributed by atoms with Crippen molar-refractivity contribution in [1.82, 2.24) is 4.90 Å². The highest BCUT2D eigenvalue weighted by Crippen LogP contribution is 2.26. The van der Waals surface area contributed by atoms with Gasteiger partial charge in [-0.25, -0.2) is 4.79 Å². The van der Waals surface area contributed by atoms with Crippen LogP contribution in [0.15, 0.2) is 0 Å². The quantitative estimate of drug-likeness (QED) is 0.0748. The zero-order valence-corrected chi connectivity index (χ0v) is 25.6. The van der Waals surface area contributed by atoms with Crippen molar-refractivity contribution in [3.05, 3.63) is 0 Å². The van der Waals surface area contributed by atoms with Crippen molar-refractivity contribution in [3.8, 4) is 0 Å². The second-order valence-electron chi connectivity index (χ2n) is 11.2. The predicted octanol–water partition coefficient (Wildman–Crippen LogP) is 9.34. The molecule has 0 heterocycles. The predicted molar refractivity (Wildman–Crippen MR) is 161 cm³/mol. The molecule has 0 aromatic rings. The number of aliphatic hydroxyl groups excluding tert-OH is 1. The van der Waals surface area contributed by atoms with Gasteiger partial charge in [-0.1, -0.05) is 155 Å². The molecule has 0 aliphatic rings. The van der Waals surface area contributed by atoms with Crippen LogP contribution in [0.25, 0.3) is 0 Å². The van der Waals surface area contributed by atoms with E-state index in [9.17, 15) is 15.0 Å². The molecule has 0 amide bonds. The molecule has 4 nitrogen and oxygen atoms in total. The van der Waals surface area contributed by atoms with Gasteiger partial charge in [-0.05, 0) is 25.9 Å². The molecule has 0 fully saturated rings. The molecule has 2 atom stereocenters. The first-order chi connectivity index (χ1) is 17.5. The summed E-state index contributed by atoms with van der Waals surface area (Å²) < 4.78 is 0. The summed E-state index contributed by atoms with van der Waals surface area (Å²) in [5.41, 5.74) is 0. The Morgan fingerprint density at radius 2 is 0.806 bits per heavy atom. The van der Waals surface area contributed by atoms with Crippen molar-refractivity contribution in [2.75, 3.05) is 19.7 Å². The summed E-state index contributed by atoms with van der Waals surface area (Å²) in [5, 5.41) is 18.4. The molecule has 0 aliphatic carbocycles. The van der Waals surface area contributed by atoms with Crippen molar-refractivity contribution < 1.29 is 15.0 Å². The molecule has 216 valence electrons. The fourth-order valence-electron chi connectivity index (χ4n) is 5.10. The molecule has 0 saturated carbocycles. The zero-order chi connectivity index (χ0) is 26.7. The zero-order valence-electron chi connectivity index (χ0n) is 24.4. The first kappa shape index (κ1) is 35.8. The number of carbonyl (C=O) groups is 1. The van der Waals surface area contributed by atoms with E-state index in [0.717, 1.165) is 38.8 Å². The number of unbranched alkanes of at least 4 members (excludes halogenated alkanes) is 22. The summed E-state index contributed by atoms with van der Waals surface area (Å²) in [4.78, 5) is 13.9. The molecule has 0 rings (SSSR count). The lowest BCUT2D eigenvalue weighted by atomic mass is 10.0. The highest BCUT2D eigenvalue weighted by molar-refractivity contribution is 7.20. The Morgan fingerprint density at radius 1 is 0.556 bits per heavy atom. The molecular formula is C31H64NO3P. The first-order valence-electron chi connectivity index (χ1n) is 15.9. The van der Waals surface area contributed by atoms with E-state index in [0.29, 0.717) is 0 Å². The van der Waals surface area contributed by atoms with Gasteiger partial charge in [-0.2, -0.15) is 0 Å². The van der Waals surface area contributed by atoms with Crippen molar-refractivity contribution in [2.45, 2.75) is 173 Å². The Bertz CT molecular complexity index is 449. The van der Waals surface area contributed by atoms with Crippen LogP contribution in [0.5, 0.6) is 0 Å². The smallest absolute Gasteiger partial charge is 0.330 e. The number of aliphatic hydroxyl groups is 1. The van der Waals surface area contributed by atoms with Crippen LogP contribution in [0.3, 0.4) is 0 Å². The van der Waals surface area contributed by atoms with Crippen LogP contribution in [0, 0.1) is 0 Å². The monoisotopic (exact) mass is 529 g/mol. The van der Waals surface area contributed by atoms with E-state index in [2.05, 4.69) is 23.1 Å². The van der Waals surface area contributed by atoms with Gasteiger partial charge in [0.2, 0.25) is 0 Å². The molecular weight excluding hydrogens is 465 g/mol. The number of carboxylic acid groups (broad SMARTS) is 1.